The number of carbonyl (C=O) groups is 1. The Hall–Kier alpha value is -2.27. The van der Waals surface area contributed by atoms with E-state index in [1.165, 1.54) is 5.56 Å². The van der Waals surface area contributed by atoms with Crippen LogP contribution in [0.5, 0.6) is 0 Å². The predicted octanol–water partition coefficient (Wildman–Crippen LogP) is 3.69. The van der Waals surface area contributed by atoms with Gasteiger partial charge >= 0.3 is 5.97 Å². The molecule has 3 aromatic rings. The van der Waals surface area contributed by atoms with Crippen LogP contribution in [0.15, 0.2) is 43.1 Å². The Balaban J connectivity index is 2.01. The minimum absolute atomic E-state index is 0.291. The van der Waals surface area contributed by atoms with Gasteiger partial charge in [-0.15, -0.1) is 11.6 Å². The molecule has 3 rings (SSSR count). The number of fused-ring (bicyclic) bond motifs is 1. The molecule has 0 aliphatic rings. The van der Waals surface area contributed by atoms with Crippen LogP contribution in [0.4, 0.5) is 0 Å². The Morgan fingerprint density at radius 1 is 1.38 bits per heavy atom. The van der Waals surface area contributed by atoms with Crippen LogP contribution >= 0.6 is 11.6 Å². The van der Waals surface area contributed by atoms with Crippen LogP contribution in [-0.4, -0.2) is 32.6 Å². The van der Waals surface area contributed by atoms with Crippen molar-refractivity contribution in [2.75, 3.05) is 12.5 Å². The van der Waals surface area contributed by atoms with E-state index in [1.807, 2.05) is 35.9 Å². The molecule has 0 bridgehead atoms. The van der Waals surface area contributed by atoms with Gasteiger partial charge in [-0.3, -0.25) is 0 Å². The van der Waals surface area contributed by atoms with E-state index in [2.05, 4.69) is 15.7 Å². The SMILES string of the molecule is CCOC(=O)c1ccc2c(Cn3ccnc3)cn(CCCCl)c2c1. The van der Waals surface area contributed by atoms with Crippen LogP contribution in [0.2, 0.25) is 0 Å². The van der Waals surface area contributed by atoms with E-state index in [4.69, 9.17) is 16.3 Å². The van der Waals surface area contributed by atoms with E-state index >= 15 is 0 Å². The van der Waals surface area contributed by atoms with Gasteiger partial charge in [0.15, 0.2) is 0 Å². The van der Waals surface area contributed by atoms with Crippen molar-refractivity contribution in [2.24, 2.45) is 0 Å². The molecule has 0 radical (unpaired) electrons. The smallest absolute Gasteiger partial charge is 0.338 e. The summed E-state index contributed by atoms with van der Waals surface area (Å²) in [4.78, 5) is 16.1. The molecule has 2 heterocycles. The molecule has 0 aliphatic carbocycles. The van der Waals surface area contributed by atoms with Gasteiger partial charge in [-0.25, -0.2) is 9.78 Å². The first kappa shape index (κ1) is 16.6. The van der Waals surface area contributed by atoms with E-state index in [0.717, 1.165) is 30.4 Å². The molecular formula is C18H20ClN3O2. The maximum atomic E-state index is 12.0. The van der Waals surface area contributed by atoms with Gasteiger partial charge in [-0.2, -0.15) is 0 Å². The van der Waals surface area contributed by atoms with Gasteiger partial charge in [0.2, 0.25) is 0 Å². The van der Waals surface area contributed by atoms with Crippen LogP contribution in [0, 0.1) is 0 Å². The zero-order valence-corrected chi connectivity index (χ0v) is 14.4. The molecule has 5 nitrogen and oxygen atoms in total. The van der Waals surface area contributed by atoms with Crippen molar-refractivity contribution in [2.45, 2.75) is 26.4 Å². The summed E-state index contributed by atoms with van der Waals surface area (Å²) in [5, 5.41) is 1.13. The molecule has 0 atom stereocenters. The van der Waals surface area contributed by atoms with E-state index in [0.29, 0.717) is 18.1 Å². The molecule has 2 aromatic heterocycles. The third-order valence-electron chi connectivity index (χ3n) is 3.92. The largest absolute Gasteiger partial charge is 0.462 e. The second kappa shape index (κ2) is 7.53. The fraction of sp³-hybridized carbons (Fsp3) is 0.333. The number of nitrogens with zero attached hydrogens (tertiary/aromatic N) is 3. The lowest BCUT2D eigenvalue weighted by Gasteiger charge is -2.06. The molecule has 0 saturated heterocycles. The van der Waals surface area contributed by atoms with Gasteiger partial charge in [-0.05, 0) is 31.0 Å². The standard InChI is InChI=1S/C18H20ClN3O2/c1-2-24-18(23)14-4-5-16-15(11-21-9-7-20-13-21)12-22(8-3-6-19)17(16)10-14/h4-5,7,9-10,12-13H,2-3,6,8,11H2,1H3. The fourth-order valence-corrected chi connectivity index (χ4v) is 2.95. The summed E-state index contributed by atoms with van der Waals surface area (Å²) in [6.45, 7) is 3.73. The number of alkyl halides is 1. The lowest BCUT2D eigenvalue weighted by atomic mass is 10.1. The van der Waals surface area contributed by atoms with Crippen molar-refractivity contribution in [3.63, 3.8) is 0 Å². The molecule has 0 saturated carbocycles. The van der Waals surface area contributed by atoms with Crippen molar-refractivity contribution in [1.82, 2.24) is 14.1 Å². The Morgan fingerprint density at radius 3 is 2.96 bits per heavy atom. The summed E-state index contributed by atoms with van der Waals surface area (Å²) in [7, 11) is 0. The Kier molecular flexibility index (Phi) is 5.20. The summed E-state index contributed by atoms with van der Waals surface area (Å²) in [5.41, 5.74) is 2.79. The molecule has 1 aromatic carbocycles. The number of benzene rings is 1. The van der Waals surface area contributed by atoms with Crippen LogP contribution in [0.25, 0.3) is 10.9 Å². The molecule has 0 aliphatic heterocycles. The molecule has 0 N–H and O–H groups in total. The average Bonchev–Trinajstić information content (AvgIpc) is 3.21. The molecule has 0 amide bonds. The summed E-state index contributed by atoms with van der Waals surface area (Å²) >= 11 is 5.85. The summed E-state index contributed by atoms with van der Waals surface area (Å²) in [5.74, 6) is 0.314. The highest BCUT2D eigenvalue weighted by atomic mass is 35.5. The van der Waals surface area contributed by atoms with Gasteiger partial charge in [0.05, 0.1) is 25.0 Å². The Labute approximate surface area is 145 Å². The third kappa shape index (κ3) is 3.46. The van der Waals surface area contributed by atoms with Crippen molar-refractivity contribution < 1.29 is 9.53 Å². The Morgan fingerprint density at radius 2 is 2.25 bits per heavy atom. The predicted molar refractivity (Wildman–Crippen MR) is 94.6 cm³/mol. The summed E-state index contributed by atoms with van der Waals surface area (Å²) in [6.07, 6.45) is 8.51. The topological polar surface area (TPSA) is 49.1 Å². The zero-order chi connectivity index (χ0) is 16.9. The van der Waals surface area contributed by atoms with Crippen molar-refractivity contribution in [3.8, 4) is 0 Å². The van der Waals surface area contributed by atoms with E-state index in [9.17, 15) is 4.79 Å². The number of hydrogen-bond acceptors (Lipinski definition) is 3. The molecule has 6 heteroatoms. The van der Waals surface area contributed by atoms with Crippen LogP contribution < -0.4 is 0 Å². The van der Waals surface area contributed by atoms with Gasteiger partial charge in [0, 0.05) is 41.9 Å². The first-order valence-corrected chi connectivity index (χ1v) is 8.57. The molecule has 0 unspecified atom stereocenters. The van der Waals surface area contributed by atoms with E-state index in [-0.39, 0.29) is 5.97 Å². The van der Waals surface area contributed by atoms with Gasteiger partial charge in [-0.1, -0.05) is 6.07 Å². The maximum absolute atomic E-state index is 12.0. The molecule has 0 fully saturated rings. The number of esters is 1. The highest BCUT2D eigenvalue weighted by molar-refractivity contribution is 6.17. The number of ether oxygens (including phenoxy) is 1. The highest BCUT2D eigenvalue weighted by Crippen LogP contribution is 2.24. The first-order chi connectivity index (χ1) is 11.7. The van der Waals surface area contributed by atoms with Crippen molar-refractivity contribution in [1.29, 1.82) is 0 Å². The molecular weight excluding hydrogens is 326 g/mol. The number of halogens is 1. The first-order valence-electron chi connectivity index (χ1n) is 8.03. The van der Waals surface area contributed by atoms with Gasteiger partial charge in [0.1, 0.15) is 0 Å². The summed E-state index contributed by atoms with van der Waals surface area (Å²) < 4.78 is 9.30. The quantitative estimate of drug-likeness (QED) is 0.484. The number of carbonyl (C=O) groups excluding carboxylic acids is 1. The van der Waals surface area contributed by atoms with Crippen LogP contribution in [0.3, 0.4) is 0 Å². The zero-order valence-electron chi connectivity index (χ0n) is 13.6. The average molecular weight is 346 g/mol. The number of imidazole rings is 1. The van der Waals surface area contributed by atoms with Gasteiger partial charge < -0.3 is 13.9 Å². The summed E-state index contributed by atoms with van der Waals surface area (Å²) in [6, 6.07) is 5.72. The van der Waals surface area contributed by atoms with Crippen molar-refractivity contribution >= 4 is 28.5 Å². The van der Waals surface area contributed by atoms with E-state index in [1.54, 1.807) is 12.5 Å². The highest BCUT2D eigenvalue weighted by Gasteiger charge is 2.13. The fourth-order valence-electron chi connectivity index (χ4n) is 2.83. The second-order valence-corrected chi connectivity index (χ2v) is 5.96. The van der Waals surface area contributed by atoms with Crippen LogP contribution in [-0.2, 0) is 17.8 Å². The molecule has 24 heavy (non-hydrogen) atoms. The molecule has 0 spiro atoms. The minimum atomic E-state index is -0.291. The third-order valence-corrected chi connectivity index (χ3v) is 4.19. The number of aryl methyl sites for hydroxylation is 1. The maximum Gasteiger partial charge on any atom is 0.338 e. The lowest BCUT2D eigenvalue weighted by Crippen LogP contribution is -2.05. The number of hydrogen-bond donors (Lipinski definition) is 0. The number of aromatic nitrogens is 3. The molecule has 126 valence electrons. The van der Waals surface area contributed by atoms with Gasteiger partial charge in [0.25, 0.3) is 0 Å². The van der Waals surface area contributed by atoms with Crippen LogP contribution in [0.1, 0.15) is 29.3 Å². The number of rotatable bonds is 7. The normalized spacial score (nSPS) is 11.1. The lowest BCUT2D eigenvalue weighted by molar-refractivity contribution is 0.0526. The minimum Gasteiger partial charge on any atom is -0.462 e. The monoisotopic (exact) mass is 345 g/mol. The van der Waals surface area contributed by atoms with E-state index < -0.39 is 0 Å². The Bertz CT molecular complexity index is 824. The second-order valence-electron chi connectivity index (χ2n) is 5.58. The van der Waals surface area contributed by atoms with Crippen molar-refractivity contribution in [3.05, 3.63) is 54.2 Å².